The maximum atomic E-state index is 11.8. The summed E-state index contributed by atoms with van der Waals surface area (Å²) in [5.41, 5.74) is 2.81. The SMILES string of the molecule is CC(=O)C1=C(C/C=C(/C)C(=O)O)c2ccccc2C1O. The summed E-state index contributed by atoms with van der Waals surface area (Å²) in [6.07, 6.45) is 0.966. The van der Waals surface area contributed by atoms with Gasteiger partial charge in [-0.25, -0.2) is 4.79 Å². The van der Waals surface area contributed by atoms with Crippen LogP contribution in [0.5, 0.6) is 0 Å². The number of hydrogen-bond donors (Lipinski definition) is 2. The molecule has 1 aromatic rings. The molecule has 2 rings (SSSR count). The Morgan fingerprint density at radius 1 is 1.25 bits per heavy atom. The number of hydrogen-bond acceptors (Lipinski definition) is 3. The highest BCUT2D eigenvalue weighted by molar-refractivity contribution is 6.05. The highest BCUT2D eigenvalue weighted by atomic mass is 16.4. The number of allylic oxidation sites excluding steroid dienone is 2. The number of carboxylic acids is 1. The molecule has 0 radical (unpaired) electrons. The van der Waals surface area contributed by atoms with Gasteiger partial charge in [-0.05, 0) is 37.0 Å². The fourth-order valence-corrected chi connectivity index (χ4v) is 2.44. The highest BCUT2D eigenvalue weighted by Gasteiger charge is 2.31. The summed E-state index contributed by atoms with van der Waals surface area (Å²) in [6, 6.07) is 7.26. The van der Waals surface area contributed by atoms with Gasteiger partial charge in [0.1, 0.15) is 6.10 Å². The lowest BCUT2D eigenvalue weighted by molar-refractivity contribution is -0.132. The summed E-state index contributed by atoms with van der Waals surface area (Å²) in [7, 11) is 0. The minimum atomic E-state index is -0.984. The van der Waals surface area contributed by atoms with Crippen LogP contribution in [0.15, 0.2) is 41.5 Å². The zero-order valence-electron chi connectivity index (χ0n) is 11.4. The second-order valence-electron chi connectivity index (χ2n) is 4.83. The Morgan fingerprint density at radius 3 is 2.50 bits per heavy atom. The van der Waals surface area contributed by atoms with Gasteiger partial charge in [0.05, 0.1) is 0 Å². The van der Waals surface area contributed by atoms with Crippen molar-refractivity contribution in [2.24, 2.45) is 0 Å². The van der Waals surface area contributed by atoms with Crippen molar-refractivity contribution in [3.63, 3.8) is 0 Å². The third-order valence-corrected chi connectivity index (χ3v) is 3.51. The van der Waals surface area contributed by atoms with Crippen molar-refractivity contribution in [3.8, 4) is 0 Å². The zero-order valence-corrected chi connectivity index (χ0v) is 11.4. The third-order valence-electron chi connectivity index (χ3n) is 3.51. The Balaban J connectivity index is 2.47. The van der Waals surface area contributed by atoms with Gasteiger partial charge in [0.2, 0.25) is 0 Å². The van der Waals surface area contributed by atoms with Crippen LogP contribution in [0.3, 0.4) is 0 Å². The maximum absolute atomic E-state index is 11.8. The van der Waals surface area contributed by atoms with Crippen molar-refractivity contribution in [3.05, 3.63) is 52.6 Å². The first-order valence-electron chi connectivity index (χ1n) is 6.35. The number of aliphatic carboxylic acids is 1. The number of Topliss-reactive ketones (excluding diaryl/α,β-unsaturated/α-hetero) is 1. The van der Waals surface area contributed by atoms with Gasteiger partial charge in [-0.1, -0.05) is 30.3 Å². The van der Waals surface area contributed by atoms with Crippen molar-refractivity contribution >= 4 is 17.3 Å². The van der Waals surface area contributed by atoms with Crippen molar-refractivity contribution in [1.29, 1.82) is 0 Å². The summed E-state index contributed by atoms with van der Waals surface area (Å²) >= 11 is 0. The number of aliphatic hydroxyl groups is 1. The van der Waals surface area contributed by atoms with Crippen LogP contribution in [-0.4, -0.2) is 22.0 Å². The highest BCUT2D eigenvalue weighted by Crippen LogP contribution is 2.42. The second-order valence-corrected chi connectivity index (χ2v) is 4.83. The molecule has 0 fully saturated rings. The molecule has 1 aliphatic rings. The Kier molecular flexibility index (Phi) is 3.86. The van der Waals surface area contributed by atoms with E-state index in [-0.39, 0.29) is 11.4 Å². The first-order chi connectivity index (χ1) is 9.43. The average Bonchev–Trinajstić information content (AvgIpc) is 2.69. The first kappa shape index (κ1) is 14.2. The molecule has 0 bridgehead atoms. The molecule has 0 saturated carbocycles. The number of aliphatic hydroxyl groups excluding tert-OH is 1. The van der Waals surface area contributed by atoms with Gasteiger partial charge in [-0.15, -0.1) is 0 Å². The molecule has 104 valence electrons. The molecule has 20 heavy (non-hydrogen) atoms. The van der Waals surface area contributed by atoms with Gasteiger partial charge in [-0.3, -0.25) is 4.79 Å². The molecule has 4 nitrogen and oxygen atoms in total. The molecule has 0 heterocycles. The topological polar surface area (TPSA) is 74.6 Å². The van der Waals surface area contributed by atoms with E-state index in [1.165, 1.54) is 13.8 Å². The summed E-state index contributed by atoms with van der Waals surface area (Å²) < 4.78 is 0. The normalized spacial score (nSPS) is 18.1. The second kappa shape index (κ2) is 5.43. The molecule has 1 atom stereocenters. The number of carbonyl (C=O) groups excluding carboxylic acids is 1. The quantitative estimate of drug-likeness (QED) is 0.826. The van der Waals surface area contributed by atoms with Crippen molar-refractivity contribution in [1.82, 2.24) is 0 Å². The lowest BCUT2D eigenvalue weighted by Gasteiger charge is -2.06. The fourth-order valence-electron chi connectivity index (χ4n) is 2.44. The maximum Gasteiger partial charge on any atom is 0.330 e. The van der Waals surface area contributed by atoms with E-state index >= 15 is 0 Å². The smallest absolute Gasteiger partial charge is 0.330 e. The molecule has 0 spiro atoms. The van der Waals surface area contributed by atoms with E-state index in [0.29, 0.717) is 23.1 Å². The molecule has 2 N–H and O–H groups in total. The van der Waals surface area contributed by atoms with Crippen molar-refractivity contribution in [2.45, 2.75) is 26.4 Å². The van der Waals surface area contributed by atoms with Crippen LogP contribution in [-0.2, 0) is 9.59 Å². The van der Waals surface area contributed by atoms with Gasteiger partial charge in [-0.2, -0.15) is 0 Å². The Labute approximate surface area is 117 Å². The first-order valence-corrected chi connectivity index (χ1v) is 6.35. The number of carboxylic acid groups (broad SMARTS) is 1. The van der Waals surface area contributed by atoms with Crippen LogP contribution < -0.4 is 0 Å². The van der Waals surface area contributed by atoms with Crippen LogP contribution in [0, 0.1) is 0 Å². The molecule has 0 amide bonds. The van der Waals surface area contributed by atoms with Crippen LogP contribution in [0.2, 0.25) is 0 Å². The van der Waals surface area contributed by atoms with E-state index in [2.05, 4.69) is 0 Å². The minimum absolute atomic E-state index is 0.190. The summed E-state index contributed by atoms with van der Waals surface area (Å²) in [6.45, 7) is 2.92. The summed E-state index contributed by atoms with van der Waals surface area (Å²) in [4.78, 5) is 22.6. The molecule has 0 aromatic heterocycles. The number of carbonyl (C=O) groups is 2. The molecular weight excluding hydrogens is 256 g/mol. The van der Waals surface area contributed by atoms with Gasteiger partial charge >= 0.3 is 5.97 Å². The van der Waals surface area contributed by atoms with Crippen LogP contribution in [0.25, 0.3) is 5.57 Å². The van der Waals surface area contributed by atoms with Crippen LogP contribution >= 0.6 is 0 Å². The standard InChI is InChI=1S/C16H16O4/c1-9(16(19)20)7-8-12-11-5-3-4-6-13(11)15(18)14(12)10(2)17/h3-7,15,18H,8H2,1-2H3,(H,19,20)/b9-7-. The van der Waals surface area contributed by atoms with E-state index in [1.54, 1.807) is 18.2 Å². The van der Waals surface area contributed by atoms with Gasteiger partial charge in [0.25, 0.3) is 0 Å². The Hall–Kier alpha value is -2.20. The molecule has 1 unspecified atom stereocenters. The lowest BCUT2D eigenvalue weighted by Crippen LogP contribution is -2.05. The number of fused-ring (bicyclic) bond motifs is 1. The predicted octanol–water partition coefficient (Wildman–Crippen LogP) is 2.50. The predicted molar refractivity (Wildman–Crippen MR) is 75.0 cm³/mol. The monoisotopic (exact) mass is 272 g/mol. The van der Waals surface area contributed by atoms with E-state index < -0.39 is 12.1 Å². The summed E-state index contributed by atoms with van der Waals surface area (Å²) in [5.74, 6) is -1.17. The number of ketones is 1. The molecule has 1 aromatic carbocycles. The number of rotatable bonds is 4. The Bertz CT molecular complexity index is 638. The van der Waals surface area contributed by atoms with Crippen molar-refractivity contribution < 1.29 is 19.8 Å². The Morgan fingerprint density at radius 2 is 1.90 bits per heavy atom. The van der Waals surface area contributed by atoms with Gasteiger partial charge in [0, 0.05) is 11.1 Å². The molecule has 0 aliphatic heterocycles. The van der Waals surface area contributed by atoms with E-state index in [1.807, 2.05) is 12.1 Å². The van der Waals surface area contributed by atoms with Crippen LogP contribution in [0.4, 0.5) is 0 Å². The van der Waals surface area contributed by atoms with Gasteiger partial charge in [0.15, 0.2) is 5.78 Å². The number of benzene rings is 1. The summed E-state index contributed by atoms with van der Waals surface area (Å²) in [5, 5.41) is 19.1. The largest absolute Gasteiger partial charge is 0.478 e. The molecule has 0 saturated heterocycles. The molecule has 4 heteroatoms. The van der Waals surface area contributed by atoms with Gasteiger partial charge < -0.3 is 10.2 Å². The lowest BCUT2D eigenvalue weighted by atomic mass is 10.00. The fraction of sp³-hybridized carbons (Fsp3) is 0.250. The van der Waals surface area contributed by atoms with E-state index in [4.69, 9.17) is 5.11 Å². The van der Waals surface area contributed by atoms with E-state index in [9.17, 15) is 14.7 Å². The van der Waals surface area contributed by atoms with E-state index in [0.717, 1.165) is 5.56 Å². The van der Waals surface area contributed by atoms with Crippen LogP contribution in [0.1, 0.15) is 37.5 Å². The minimum Gasteiger partial charge on any atom is -0.478 e. The third kappa shape index (κ3) is 2.42. The average molecular weight is 272 g/mol. The molecule has 1 aliphatic carbocycles. The molecular formula is C16H16O4. The zero-order chi connectivity index (χ0) is 14.9. The van der Waals surface area contributed by atoms with Crippen molar-refractivity contribution in [2.75, 3.05) is 0 Å².